The van der Waals surface area contributed by atoms with Gasteiger partial charge in [-0.15, -0.1) is 0 Å². The molecule has 1 saturated heterocycles. The van der Waals surface area contributed by atoms with Crippen molar-refractivity contribution in [1.82, 2.24) is 5.32 Å². The maximum absolute atomic E-state index is 3.59. The third-order valence-electron chi connectivity index (χ3n) is 5.21. The van der Waals surface area contributed by atoms with Crippen LogP contribution in [0.15, 0.2) is 0 Å². The summed E-state index contributed by atoms with van der Waals surface area (Å²) in [6.45, 7) is 9.90. The summed E-state index contributed by atoms with van der Waals surface area (Å²) in [5, 5.41) is 3.59. The summed E-state index contributed by atoms with van der Waals surface area (Å²) in [7, 11) is 0. The Hall–Kier alpha value is -0.0400. The highest BCUT2D eigenvalue weighted by Crippen LogP contribution is 2.46. The molecule has 3 atom stereocenters. The minimum Gasteiger partial charge on any atom is -0.316 e. The van der Waals surface area contributed by atoms with Crippen molar-refractivity contribution in [3.8, 4) is 0 Å². The zero-order valence-corrected chi connectivity index (χ0v) is 10.7. The van der Waals surface area contributed by atoms with Crippen molar-refractivity contribution in [2.45, 2.75) is 52.9 Å². The lowest BCUT2D eigenvalue weighted by Crippen LogP contribution is -2.38. The topological polar surface area (TPSA) is 12.0 Å². The fourth-order valence-electron chi connectivity index (χ4n) is 3.59. The van der Waals surface area contributed by atoms with Gasteiger partial charge in [-0.3, -0.25) is 0 Å². The van der Waals surface area contributed by atoms with Gasteiger partial charge < -0.3 is 5.32 Å². The number of hydrogen-bond donors (Lipinski definition) is 1. The Bertz CT molecular complexity index is 211. The molecule has 1 heterocycles. The average Bonchev–Trinajstić information content (AvgIpc) is 2.36. The molecule has 1 heteroatoms. The van der Waals surface area contributed by atoms with Gasteiger partial charge in [0, 0.05) is 0 Å². The summed E-state index contributed by atoms with van der Waals surface area (Å²) in [4.78, 5) is 0. The Morgan fingerprint density at radius 2 is 2.00 bits per heavy atom. The molecule has 0 radical (unpaired) electrons. The predicted molar refractivity (Wildman–Crippen MR) is 65.9 cm³/mol. The molecule has 0 aromatic rings. The zero-order chi connectivity index (χ0) is 10.9. The normalized spacial score (nSPS) is 42.4. The molecule has 2 aliphatic rings. The first-order valence-corrected chi connectivity index (χ1v) is 6.82. The van der Waals surface area contributed by atoms with Gasteiger partial charge in [0.15, 0.2) is 0 Å². The Balaban J connectivity index is 2.07. The Morgan fingerprint density at radius 1 is 1.20 bits per heavy atom. The van der Waals surface area contributed by atoms with Crippen molar-refractivity contribution in [1.29, 1.82) is 0 Å². The van der Waals surface area contributed by atoms with E-state index in [1.54, 1.807) is 0 Å². The summed E-state index contributed by atoms with van der Waals surface area (Å²) < 4.78 is 0. The van der Waals surface area contributed by atoms with Crippen molar-refractivity contribution in [3.05, 3.63) is 0 Å². The van der Waals surface area contributed by atoms with Crippen LogP contribution in [0.2, 0.25) is 0 Å². The minimum absolute atomic E-state index is 0.610. The van der Waals surface area contributed by atoms with Crippen molar-refractivity contribution >= 4 is 0 Å². The summed E-state index contributed by atoms with van der Waals surface area (Å²) in [5.74, 6) is 2.85. The third-order valence-corrected chi connectivity index (χ3v) is 5.21. The highest BCUT2D eigenvalue weighted by atomic mass is 14.9. The smallest absolute Gasteiger partial charge is 0.00177 e. The molecule has 1 aliphatic heterocycles. The SMILES string of the molecule is CC(C)C1(C)CCCC2CCNCC2C1. The van der Waals surface area contributed by atoms with Crippen LogP contribution in [0.4, 0.5) is 0 Å². The van der Waals surface area contributed by atoms with Gasteiger partial charge in [-0.2, -0.15) is 0 Å². The molecule has 0 spiro atoms. The predicted octanol–water partition coefficient (Wildman–Crippen LogP) is 3.45. The van der Waals surface area contributed by atoms with Crippen LogP contribution in [0, 0.1) is 23.2 Å². The molecule has 1 saturated carbocycles. The van der Waals surface area contributed by atoms with E-state index < -0.39 is 0 Å². The fourth-order valence-corrected chi connectivity index (χ4v) is 3.59. The quantitative estimate of drug-likeness (QED) is 0.697. The second-order valence-corrected chi connectivity index (χ2v) is 6.42. The zero-order valence-electron chi connectivity index (χ0n) is 10.7. The molecule has 0 aromatic carbocycles. The van der Waals surface area contributed by atoms with Crippen molar-refractivity contribution in [2.24, 2.45) is 23.2 Å². The lowest BCUT2D eigenvalue weighted by Gasteiger charge is -2.38. The summed E-state index contributed by atoms with van der Waals surface area (Å²) in [5.41, 5.74) is 0.610. The van der Waals surface area contributed by atoms with E-state index in [0.29, 0.717) is 5.41 Å². The molecule has 0 aromatic heterocycles. The van der Waals surface area contributed by atoms with E-state index in [4.69, 9.17) is 0 Å². The van der Waals surface area contributed by atoms with Crippen LogP contribution in [0.25, 0.3) is 0 Å². The van der Waals surface area contributed by atoms with Gasteiger partial charge in [0.1, 0.15) is 0 Å². The second kappa shape index (κ2) is 4.45. The highest BCUT2D eigenvalue weighted by Gasteiger charge is 2.37. The van der Waals surface area contributed by atoms with Gasteiger partial charge >= 0.3 is 0 Å². The number of hydrogen-bond acceptors (Lipinski definition) is 1. The molecular formula is C14H27N. The van der Waals surface area contributed by atoms with Gasteiger partial charge in [-0.1, -0.05) is 33.6 Å². The Labute approximate surface area is 95.0 Å². The van der Waals surface area contributed by atoms with E-state index in [1.165, 1.54) is 45.2 Å². The summed E-state index contributed by atoms with van der Waals surface area (Å²) >= 11 is 0. The molecule has 2 rings (SSSR count). The maximum atomic E-state index is 3.59. The summed E-state index contributed by atoms with van der Waals surface area (Å²) in [6, 6.07) is 0. The van der Waals surface area contributed by atoms with Crippen LogP contribution in [0.5, 0.6) is 0 Å². The molecule has 15 heavy (non-hydrogen) atoms. The van der Waals surface area contributed by atoms with Crippen LogP contribution >= 0.6 is 0 Å². The lowest BCUT2D eigenvalue weighted by atomic mass is 9.69. The molecule has 0 bridgehead atoms. The molecule has 88 valence electrons. The summed E-state index contributed by atoms with van der Waals surface area (Å²) in [6.07, 6.45) is 7.31. The van der Waals surface area contributed by atoms with E-state index in [-0.39, 0.29) is 0 Å². The van der Waals surface area contributed by atoms with E-state index in [0.717, 1.165) is 17.8 Å². The van der Waals surface area contributed by atoms with Crippen molar-refractivity contribution in [3.63, 3.8) is 0 Å². The van der Waals surface area contributed by atoms with Gasteiger partial charge in [0.2, 0.25) is 0 Å². The van der Waals surface area contributed by atoms with Gasteiger partial charge in [0.05, 0.1) is 0 Å². The standard InChI is InChI=1S/C14H27N/c1-11(2)14(3)7-4-5-12-6-8-15-10-13(12)9-14/h11-13,15H,4-10H2,1-3H3. The van der Waals surface area contributed by atoms with E-state index >= 15 is 0 Å². The number of fused-ring (bicyclic) bond motifs is 1. The first kappa shape index (κ1) is 11.4. The van der Waals surface area contributed by atoms with Gasteiger partial charge in [-0.25, -0.2) is 0 Å². The minimum atomic E-state index is 0.610. The Kier molecular flexibility index (Phi) is 3.39. The average molecular weight is 209 g/mol. The molecule has 1 aliphatic carbocycles. The maximum Gasteiger partial charge on any atom is -0.00177 e. The molecular weight excluding hydrogens is 182 g/mol. The van der Waals surface area contributed by atoms with Gasteiger partial charge in [-0.05, 0) is 55.5 Å². The van der Waals surface area contributed by atoms with Crippen molar-refractivity contribution in [2.75, 3.05) is 13.1 Å². The Morgan fingerprint density at radius 3 is 2.73 bits per heavy atom. The van der Waals surface area contributed by atoms with Crippen LogP contribution < -0.4 is 5.32 Å². The van der Waals surface area contributed by atoms with Gasteiger partial charge in [0.25, 0.3) is 0 Å². The number of rotatable bonds is 1. The first-order chi connectivity index (χ1) is 7.12. The van der Waals surface area contributed by atoms with Crippen LogP contribution in [0.3, 0.4) is 0 Å². The van der Waals surface area contributed by atoms with Crippen molar-refractivity contribution < 1.29 is 0 Å². The molecule has 1 N–H and O–H groups in total. The highest BCUT2D eigenvalue weighted by molar-refractivity contribution is 4.89. The third kappa shape index (κ3) is 2.38. The second-order valence-electron chi connectivity index (χ2n) is 6.42. The lowest BCUT2D eigenvalue weighted by molar-refractivity contribution is 0.133. The molecule has 0 amide bonds. The van der Waals surface area contributed by atoms with Crippen LogP contribution in [-0.4, -0.2) is 13.1 Å². The molecule has 2 fully saturated rings. The molecule has 1 nitrogen and oxygen atoms in total. The van der Waals surface area contributed by atoms with Crippen LogP contribution in [0.1, 0.15) is 52.9 Å². The first-order valence-electron chi connectivity index (χ1n) is 6.82. The fraction of sp³-hybridized carbons (Fsp3) is 1.00. The number of piperidine rings is 1. The number of nitrogens with one attached hydrogen (secondary N) is 1. The van der Waals surface area contributed by atoms with E-state index in [1.807, 2.05) is 0 Å². The molecule has 3 unspecified atom stereocenters. The van der Waals surface area contributed by atoms with E-state index in [9.17, 15) is 0 Å². The van der Waals surface area contributed by atoms with Crippen LogP contribution in [-0.2, 0) is 0 Å². The monoisotopic (exact) mass is 209 g/mol. The van der Waals surface area contributed by atoms with E-state index in [2.05, 4.69) is 26.1 Å². The largest absolute Gasteiger partial charge is 0.316 e.